The average molecular weight is 349 g/mol. The third kappa shape index (κ3) is 3.52. The normalized spacial score (nSPS) is 10.3. The lowest BCUT2D eigenvalue weighted by Gasteiger charge is -2.09. The monoisotopic (exact) mass is 348 g/mol. The lowest BCUT2D eigenvalue weighted by Crippen LogP contribution is -2.05. The molecule has 0 fully saturated rings. The minimum absolute atomic E-state index is 0.0597. The fourth-order valence-electron chi connectivity index (χ4n) is 1.82. The molecule has 8 nitrogen and oxygen atoms in total. The zero-order chi connectivity index (χ0) is 16.2. The van der Waals surface area contributed by atoms with E-state index in [-0.39, 0.29) is 17.3 Å². The Kier molecular flexibility index (Phi) is 4.31. The lowest BCUT2D eigenvalue weighted by molar-refractivity contribution is -0.383. The molecule has 2 aromatic heterocycles. The maximum Gasteiger partial charge on any atom is 0.353 e. The summed E-state index contributed by atoms with van der Waals surface area (Å²) in [7, 11) is 0. The molecule has 0 aliphatic heterocycles. The van der Waals surface area contributed by atoms with Crippen LogP contribution in [-0.2, 0) is 0 Å². The fourth-order valence-corrected chi connectivity index (χ4v) is 2.54. The van der Waals surface area contributed by atoms with Crippen molar-refractivity contribution in [2.45, 2.75) is 0 Å². The van der Waals surface area contributed by atoms with Crippen molar-refractivity contribution in [3.63, 3.8) is 0 Å². The molecule has 0 spiro atoms. The van der Waals surface area contributed by atoms with Crippen LogP contribution in [-0.4, -0.2) is 19.9 Å². The second-order valence-corrected chi connectivity index (χ2v) is 5.61. The predicted octanol–water partition coefficient (Wildman–Crippen LogP) is 3.98. The minimum Gasteiger partial charge on any atom is -0.334 e. The van der Waals surface area contributed by atoms with Crippen molar-refractivity contribution >= 4 is 51.1 Å². The molecule has 0 saturated heterocycles. The summed E-state index contributed by atoms with van der Waals surface area (Å²) >= 11 is 7.22. The summed E-state index contributed by atoms with van der Waals surface area (Å²) in [6.45, 7) is 0. The van der Waals surface area contributed by atoms with Gasteiger partial charge in [0.25, 0.3) is 0 Å². The Morgan fingerprint density at radius 2 is 1.96 bits per heavy atom. The summed E-state index contributed by atoms with van der Waals surface area (Å²) in [6.07, 6.45) is 2.82. The van der Waals surface area contributed by atoms with Gasteiger partial charge in [-0.2, -0.15) is 0 Å². The highest BCUT2D eigenvalue weighted by atomic mass is 35.5. The maximum atomic E-state index is 11.4. The van der Waals surface area contributed by atoms with Crippen LogP contribution in [0, 0.1) is 10.1 Å². The number of thiazole rings is 1. The molecule has 0 saturated carbocycles. The number of hydrogen-bond donors (Lipinski definition) is 2. The van der Waals surface area contributed by atoms with E-state index in [9.17, 15) is 10.1 Å². The topological polar surface area (TPSA) is 106 Å². The third-order valence-corrected chi connectivity index (χ3v) is 3.67. The van der Waals surface area contributed by atoms with Crippen molar-refractivity contribution in [3.8, 4) is 0 Å². The standard InChI is InChI=1S/C13H9ClN6O2S/c14-8-2-1-3-9(6-8)18-11-10(20(21)22)12(17-7-16-11)19-13-15-4-5-23-13/h1-7H,(H2,15,16,17,18,19). The van der Waals surface area contributed by atoms with Crippen LogP contribution in [0.5, 0.6) is 0 Å². The largest absolute Gasteiger partial charge is 0.353 e. The van der Waals surface area contributed by atoms with Crippen LogP contribution < -0.4 is 10.6 Å². The molecule has 0 bridgehead atoms. The number of hydrogen-bond acceptors (Lipinski definition) is 8. The van der Waals surface area contributed by atoms with Crippen molar-refractivity contribution < 1.29 is 4.92 Å². The summed E-state index contributed by atoms with van der Waals surface area (Å²) in [5, 5.41) is 19.9. The summed E-state index contributed by atoms with van der Waals surface area (Å²) in [6, 6.07) is 6.80. The number of rotatable bonds is 5. The van der Waals surface area contributed by atoms with E-state index in [0.29, 0.717) is 15.8 Å². The van der Waals surface area contributed by atoms with E-state index < -0.39 is 4.92 Å². The van der Waals surface area contributed by atoms with Crippen LogP contribution in [0.15, 0.2) is 42.2 Å². The molecule has 0 unspecified atom stereocenters. The first kappa shape index (κ1) is 15.1. The smallest absolute Gasteiger partial charge is 0.334 e. The zero-order valence-corrected chi connectivity index (χ0v) is 13.0. The maximum absolute atomic E-state index is 11.4. The first-order chi connectivity index (χ1) is 11.1. The Hall–Kier alpha value is -2.78. The molecular weight excluding hydrogens is 340 g/mol. The van der Waals surface area contributed by atoms with Gasteiger partial charge in [0.15, 0.2) is 5.13 Å². The van der Waals surface area contributed by atoms with Gasteiger partial charge in [0.05, 0.1) is 4.92 Å². The van der Waals surface area contributed by atoms with E-state index in [1.807, 2.05) is 0 Å². The van der Waals surface area contributed by atoms with Gasteiger partial charge in [0, 0.05) is 22.3 Å². The number of anilines is 4. The molecule has 2 heterocycles. The highest BCUT2D eigenvalue weighted by molar-refractivity contribution is 7.13. The number of aromatic nitrogens is 3. The van der Waals surface area contributed by atoms with Crippen LogP contribution in [0.4, 0.5) is 28.1 Å². The van der Waals surface area contributed by atoms with Gasteiger partial charge in [-0.05, 0) is 18.2 Å². The van der Waals surface area contributed by atoms with Crippen LogP contribution >= 0.6 is 22.9 Å². The van der Waals surface area contributed by atoms with E-state index in [4.69, 9.17) is 11.6 Å². The quantitative estimate of drug-likeness (QED) is 0.530. The Morgan fingerprint density at radius 1 is 1.17 bits per heavy atom. The van der Waals surface area contributed by atoms with E-state index in [1.54, 1.807) is 35.8 Å². The van der Waals surface area contributed by atoms with E-state index in [1.165, 1.54) is 17.7 Å². The van der Waals surface area contributed by atoms with E-state index >= 15 is 0 Å². The summed E-state index contributed by atoms with van der Waals surface area (Å²) in [4.78, 5) is 22.8. The molecule has 10 heteroatoms. The second-order valence-electron chi connectivity index (χ2n) is 4.27. The summed E-state index contributed by atoms with van der Waals surface area (Å²) in [5.41, 5.74) is 0.308. The number of benzene rings is 1. The van der Waals surface area contributed by atoms with Crippen molar-refractivity contribution in [2.24, 2.45) is 0 Å². The van der Waals surface area contributed by atoms with Crippen LogP contribution in [0.1, 0.15) is 0 Å². The van der Waals surface area contributed by atoms with Gasteiger partial charge >= 0.3 is 5.69 Å². The van der Waals surface area contributed by atoms with E-state index in [2.05, 4.69) is 25.6 Å². The molecule has 0 aliphatic rings. The van der Waals surface area contributed by atoms with Gasteiger partial charge in [-0.3, -0.25) is 10.1 Å². The molecule has 116 valence electrons. The van der Waals surface area contributed by atoms with Gasteiger partial charge in [-0.15, -0.1) is 11.3 Å². The Balaban J connectivity index is 1.98. The minimum atomic E-state index is -0.553. The highest BCUT2D eigenvalue weighted by Crippen LogP contribution is 2.33. The number of nitro groups is 1. The Bertz CT molecular complexity index is 842. The Labute approximate surface area is 139 Å². The molecule has 1 aromatic carbocycles. The first-order valence-electron chi connectivity index (χ1n) is 6.32. The van der Waals surface area contributed by atoms with Crippen LogP contribution in [0.25, 0.3) is 0 Å². The summed E-state index contributed by atoms with van der Waals surface area (Å²) < 4.78 is 0. The number of halogens is 1. The van der Waals surface area contributed by atoms with Gasteiger partial charge in [0.1, 0.15) is 6.33 Å². The zero-order valence-electron chi connectivity index (χ0n) is 11.4. The molecule has 23 heavy (non-hydrogen) atoms. The molecule has 3 aromatic rings. The van der Waals surface area contributed by atoms with Gasteiger partial charge < -0.3 is 10.6 Å². The van der Waals surface area contributed by atoms with Crippen molar-refractivity contribution in [1.82, 2.24) is 15.0 Å². The lowest BCUT2D eigenvalue weighted by atomic mass is 10.3. The molecule has 0 atom stereocenters. The van der Waals surface area contributed by atoms with Crippen molar-refractivity contribution in [1.29, 1.82) is 0 Å². The molecule has 2 N–H and O–H groups in total. The molecule has 3 rings (SSSR count). The second kappa shape index (κ2) is 6.55. The molecule has 0 amide bonds. The van der Waals surface area contributed by atoms with E-state index in [0.717, 1.165) is 0 Å². The Morgan fingerprint density at radius 3 is 2.61 bits per heavy atom. The van der Waals surface area contributed by atoms with Crippen LogP contribution in [0.3, 0.4) is 0 Å². The predicted molar refractivity (Wildman–Crippen MR) is 88.8 cm³/mol. The molecule has 0 radical (unpaired) electrons. The van der Waals surface area contributed by atoms with Gasteiger partial charge in [0.2, 0.25) is 11.6 Å². The SMILES string of the molecule is O=[N+]([O-])c1c(Nc2cccc(Cl)c2)ncnc1Nc1nccs1. The summed E-state index contributed by atoms with van der Waals surface area (Å²) in [5.74, 6) is 0.121. The highest BCUT2D eigenvalue weighted by Gasteiger charge is 2.23. The molecular formula is C13H9ClN6O2S. The van der Waals surface area contributed by atoms with Crippen molar-refractivity contribution in [3.05, 3.63) is 57.3 Å². The van der Waals surface area contributed by atoms with Gasteiger partial charge in [-0.25, -0.2) is 15.0 Å². The first-order valence-corrected chi connectivity index (χ1v) is 7.58. The number of nitrogens with one attached hydrogen (secondary N) is 2. The van der Waals surface area contributed by atoms with Gasteiger partial charge in [-0.1, -0.05) is 17.7 Å². The van der Waals surface area contributed by atoms with Crippen LogP contribution in [0.2, 0.25) is 5.02 Å². The fraction of sp³-hybridized carbons (Fsp3) is 0. The average Bonchev–Trinajstić information content (AvgIpc) is 3.00. The third-order valence-electron chi connectivity index (χ3n) is 2.75. The molecule has 0 aliphatic carbocycles. The van der Waals surface area contributed by atoms with Crippen molar-refractivity contribution in [2.75, 3.05) is 10.6 Å². The number of nitrogens with zero attached hydrogens (tertiary/aromatic N) is 4.